The van der Waals surface area contributed by atoms with Crippen LogP contribution < -0.4 is 24.4 Å². The van der Waals surface area contributed by atoms with Crippen molar-refractivity contribution in [3.05, 3.63) is 96.3 Å². The van der Waals surface area contributed by atoms with Crippen LogP contribution in [-0.4, -0.2) is 15.2 Å². The fourth-order valence-electron chi connectivity index (χ4n) is 2.05. The number of phenolic OH excluding ortho intramolecular Hbond substituents is 1. The predicted molar refractivity (Wildman–Crippen MR) is 98.9 cm³/mol. The van der Waals surface area contributed by atoms with Crippen LogP contribution in [0, 0.1) is 21.3 Å². The second kappa shape index (κ2) is 10.2. The second-order valence-electron chi connectivity index (χ2n) is 4.89. The molecule has 25 heavy (non-hydrogen) atoms. The van der Waals surface area contributed by atoms with Gasteiger partial charge in [0.15, 0.2) is 0 Å². The minimum absolute atomic E-state index is 0. The molecule has 128 valence electrons. The summed E-state index contributed by atoms with van der Waals surface area (Å²) in [5.74, 6) is -0.0212. The number of phenols is 1. The Kier molecular flexibility index (Phi) is 9.48. The molecule has 0 bridgehead atoms. The summed E-state index contributed by atoms with van der Waals surface area (Å²) in [6.45, 7) is 7.18. The van der Waals surface area contributed by atoms with E-state index in [1.54, 1.807) is 12.1 Å². The van der Waals surface area contributed by atoms with Crippen LogP contribution in [0.15, 0.2) is 53.3 Å². The van der Waals surface area contributed by atoms with E-state index < -0.39 is 6.10 Å². The van der Waals surface area contributed by atoms with Crippen LogP contribution in [0.25, 0.3) is 10.9 Å². The molecule has 0 saturated carbocycles. The molecule has 3 N–H and O–H groups in total. The van der Waals surface area contributed by atoms with E-state index in [0.717, 1.165) is 10.6 Å². The first kappa shape index (κ1) is 23.2. The van der Waals surface area contributed by atoms with Gasteiger partial charge in [-0.1, -0.05) is 17.2 Å². The normalized spacial score (nSPS) is 10.7. The number of aromatic nitrogens is 1. The third-order valence-corrected chi connectivity index (χ3v) is 3.59. The molecule has 1 atom stereocenters. The average molecular weight is 352 g/mol. The zero-order chi connectivity index (χ0) is 17.0. The maximum atomic E-state index is 11.1. The van der Waals surface area contributed by atoms with Crippen LogP contribution in [0.3, 0.4) is 0 Å². The summed E-state index contributed by atoms with van der Waals surface area (Å²) >= 11 is 5.65. The summed E-state index contributed by atoms with van der Waals surface area (Å²) in [4.78, 5) is 13.6. The van der Waals surface area contributed by atoms with Gasteiger partial charge in [-0.25, -0.2) is 0 Å². The molecule has 4 nitrogen and oxygen atoms in total. The van der Waals surface area contributed by atoms with Crippen molar-refractivity contribution in [2.45, 2.75) is 6.10 Å². The van der Waals surface area contributed by atoms with Gasteiger partial charge in [0, 0.05) is 11.5 Å². The minimum Gasteiger partial charge on any atom is -0.506 e. The van der Waals surface area contributed by atoms with Crippen molar-refractivity contribution >= 4 is 22.5 Å². The quantitative estimate of drug-likeness (QED) is 0.454. The molecule has 2 aromatic carbocycles. The number of aromatic amines is 1. The van der Waals surface area contributed by atoms with Crippen molar-refractivity contribution in [2.24, 2.45) is 0 Å². The van der Waals surface area contributed by atoms with Crippen LogP contribution in [-0.2, 0) is 0 Å². The monoisotopic (exact) mass is 351 g/mol. The number of aliphatic hydroxyl groups is 1. The molecule has 1 heterocycles. The van der Waals surface area contributed by atoms with Crippen LogP contribution in [0.5, 0.6) is 5.75 Å². The fourth-order valence-corrected chi connectivity index (χ4v) is 2.18. The molecule has 3 aromatic rings. The van der Waals surface area contributed by atoms with Gasteiger partial charge in [0.25, 0.3) is 0 Å². The van der Waals surface area contributed by atoms with Crippen molar-refractivity contribution in [2.75, 3.05) is 0 Å². The summed E-state index contributed by atoms with van der Waals surface area (Å²) in [5.41, 5.74) is 1.48. The molecule has 1 aromatic heterocycles. The van der Waals surface area contributed by atoms with E-state index >= 15 is 0 Å². The van der Waals surface area contributed by atoms with Gasteiger partial charge in [0.2, 0.25) is 5.56 Å². The molecular weight excluding hydrogens is 333 g/mol. The number of rotatable bonds is 1. The number of H-pyrrole nitrogens is 1. The average Bonchev–Trinajstić information content (AvgIpc) is 2.51. The maximum Gasteiger partial charge on any atom is 1.00 e. The van der Waals surface area contributed by atoms with Crippen molar-refractivity contribution < 1.29 is 29.1 Å². The molecule has 0 fully saturated rings. The number of hydrogen-bond donors (Lipinski definition) is 3. The predicted octanol–water partition coefficient (Wildman–Crippen LogP) is 1.08. The summed E-state index contributed by atoms with van der Waals surface area (Å²) in [6, 6.07) is 13.4. The molecule has 6 heteroatoms. The van der Waals surface area contributed by atoms with Gasteiger partial charge in [-0.2, -0.15) is 30.2 Å². The van der Waals surface area contributed by atoms with Gasteiger partial charge in [0.1, 0.15) is 5.75 Å². The van der Waals surface area contributed by atoms with Gasteiger partial charge in [-0.05, 0) is 23.8 Å². The van der Waals surface area contributed by atoms with E-state index in [1.807, 2.05) is 24.3 Å². The molecule has 3 rings (SSSR count). The second-order valence-corrected chi connectivity index (χ2v) is 5.30. The van der Waals surface area contributed by atoms with E-state index in [9.17, 15) is 15.0 Å². The third kappa shape index (κ3) is 5.88. The van der Waals surface area contributed by atoms with E-state index in [4.69, 9.17) is 11.6 Å². The Labute approximate surface area is 164 Å². The van der Waals surface area contributed by atoms with Crippen LogP contribution in [0.2, 0.25) is 5.02 Å². The standard InChI is InChI=1S/C11H10NO3.C7H6Cl.CH3.Li/c1-6(13)7-2-4-9(14)11-8(7)3-5-10(15)12-11;1-6-4-2-3-5-7(6)8;;/h2-6,13-14H,1H2,(H,12,15);2-5H,1H2;1H3;/q3*-1;+1/t6-;;;/m0.../s1. The molecule has 0 aliphatic heterocycles. The van der Waals surface area contributed by atoms with E-state index in [-0.39, 0.29) is 37.6 Å². The largest absolute Gasteiger partial charge is 1.00 e. The zero-order valence-corrected chi connectivity index (χ0v) is 15.0. The number of benzene rings is 2. The fraction of sp³-hybridized carbons (Fsp3) is 0.0526. The zero-order valence-electron chi connectivity index (χ0n) is 14.3. The van der Waals surface area contributed by atoms with Crippen LogP contribution in [0.4, 0.5) is 0 Å². The Morgan fingerprint density at radius 3 is 2.24 bits per heavy atom. The Balaban J connectivity index is 0.000000497. The maximum absolute atomic E-state index is 11.1. The number of halogens is 1. The van der Waals surface area contributed by atoms with Crippen molar-refractivity contribution in [1.82, 2.24) is 4.98 Å². The number of hydrogen-bond acceptors (Lipinski definition) is 3. The molecule has 0 amide bonds. The first-order valence-electron chi connectivity index (χ1n) is 6.82. The van der Waals surface area contributed by atoms with E-state index in [1.165, 1.54) is 12.1 Å². The molecule has 0 radical (unpaired) electrons. The number of pyridine rings is 1. The van der Waals surface area contributed by atoms with Gasteiger partial charge >= 0.3 is 18.9 Å². The number of nitrogens with one attached hydrogen (secondary N) is 1. The first-order valence-corrected chi connectivity index (χ1v) is 7.20. The number of aliphatic hydroxyl groups excluding tert-OH is 1. The molecule has 0 spiro atoms. The Bertz CT molecular complexity index is 857. The molecule has 0 aliphatic rings. The molecule has 0 saturated heterocycles. The summed E-state index contributed by atoms with van der Waals surface area (Å²) < 4.78 is 0. The van der Waals surface area contributed by atoms with Gasteiger partial charge in [-0.15, -0.1) is 12.1 Å². The summed E-state index contributed by atoms with van der Waals surface area (Å²) in [6.07, 6.45) is -0.890. The molecule has 0 aliphatic carbocycles. The van der Waals surface area contributed by atoms with Crippen LogP contribution >= 0.6 is 11.6 Å². The smallest absolute Gasteiger partial charge is 0.506 e. The number of fused-ring (bicyclic) bond motifs is 1. The van der Waals surface area contributed by atoms with E-state index in [0.29, 0.717) is 16.5 Å². The minimum atomic E-state index is -0.890. The SMILES string of the molecule is [CH2-][C@H](O)c1ccc(O)c2[nH]c(=O)ccc12.[CH2-]c1ccccc1Cl.[CH3-].[Li+]. The number of aromatic hydroxyl groups is 1. The van der Waals surface area contributed by atoms with Crippen molar-refractivity contribution in [3.8, 4) is 5.75 Å². The molecule has 0 unspecified atom stereocenters. The Hall–Kier alpha value is -1.83. The third-order valence-electron chi connectivity index (χ3n) is 3.22. The van der Waals surface area contributed by atoms with Crippen molar-refractivity contribution in [3.63, 3.8) is 0 Å². The van der Waals surface area contributed by atoms with Gasteiger partial charge in [-0.3, -0.25) is 4.79 Å². The molecular formula is C19H19ClLiNO3-2. The van der Waals surface area contributed by atoms with Gasteiger partial charge in [0.05, 0.1) is 5.52 Å². The first-order chi connectivity index (χ1) is 10.9. The topological polar surface area (TPSA) is 73.3 Å². The van der Waals surface area contributed by atoms with Gasteiger partial charge < -0.3 is 29.5 Å². The van der Waals surface area contributed by atoms with Crippen molar-refractivity contribution in [1.29, 1.82) is 0 Å². The summed E-state index contributed by atoms with van der Waals surface area (Å²) in [7, 11) is 0. The summed E-state index contributed by atoms with van der Waals surface area (Å²) in [5, 5.41) is 20.3. The van der Waals surface area contributed by atoms with E-state index in [2.05, 4.69) is 18.8 Å². The Morgan fingerprint density at radius 2 is 1.72 bits per heavy atom. The Morgan fingerprint density at radius 1 is 1.08 bits per heavy atom. The van der Waals surface area contributed by atoms with Crippen LogP contribution in [0.1, 0.15) is 17.2 Å².